The minimum absolute atomic E-state index is 0.398. The van der Waals surface area contributed by atoms with E-state index in [-0.39, 0.29) is 0 Å². The molecule has 0 amide bonds. The van der Waals surface area contributed by atoms with Crippen LogP contribution in [0.5, 0.6) is 0 Å². The molecule has 2 aliphatic rings. The molecule has 2 N–H and O–H groups in total. The summed E-state index contributed by atoms with van der Waals surface area (Å²) in [5.74, 6) is 1.71. The van der Waals surface area contributed by atoms with Crippen LogP contribution in [-0.2, 0) is 6.18 Å². The minimum atomic E-state index is -4.37. The lowest BCUT2D eigenvalue weighted by Crippen LogP contribution is -2.47. The smallest absolute Gasteiger partial charge is 0.385 e. The van der Waals surface area contributed by atoms with Gasteiger partial charge >= 0.3 is 6.18 Å². The summed E-state index contributed by atoms with van der Waals surface area (Å²) in [5, 5.41) is 7.92. The van der Waals surface area contributed by atoms with E-state index in [9.17, 15) is 13.2 Å². The highest BCUT2D eigenvalue weighted by Gasteiger charge is 2.31. The summed E-state index contributed by atoms with van der Waals surface area (Å²) in [7, 11) is 0. The van der Waals surface area contributed by atoms with E-state index in [4.69, 9.17) is 4.98 Å². The van der Waals surface area contributed by atoms with Crippen LogP contribution >= 0.6 is 23.1 Å². The van der Waals surface area contributed by atoms with Gasteiger partial charge in [0.05, 0.1) is 5.56 Å². The van der Waals surface area contributed by atoms with Crippen LogP contribution in [0.4, 0.5) is 41.6 Å². The number of alkyl halides is 3. The van der Waals surface area contributed by atoms with Gasteiger partial charge in [-0.3, -0.25) is 5.32 Å². The Kier molecular flexibility index (Phi) is 7.89. The SMILES string of the molecule is Cc1cnc(Nc2nc(Sc3ccc(NCC4CC4)cc3)nc(N3CCN(c4cccc(C(F)(F)F)c4)CC3)n2)s1. The topological polar surface area (TPSA) is 82.1 Å². The summed E-state index contributed by atoms with van der Waals surface area (Å²) in [6.07, 6.45) is 0.0277. The fourth-order valence-electron chi connectivity index (χ4n) is 4.47. The monoisotopic (exact) mass is 598 g/mol. The summed E-state index contributed by atoms with van der Waals surface area (Å²) < 4.78 is 39.7. The second kappa shape index (κ2) is 11.7. The maximum atomic E-state index is 13.2. The number of piperazine rings is 1. The lowest BCUT2D eigenvalue weighted by Gasteiger charge is -2.36. The standard InChI is InChI=1S/C28H29F3N8S2/c1-18-16-33-26(40-18)35-24-34-25(37-27(36-24)41-23-9-7-21(8-10-23)32-17-19-5-6-19)39-13-11-38(12-14-39)22-4-2-3-20(15-22)28(29,30)31/h2-4,7-10,15-16,19,32H,5-6,11-14,17H2,1H3,(H,33,34,35,36,37). The first-order valence-electron chi connectivity index (χ1n) is 13.4. The number of nitrogens with zero attached hydrogens (tertiary/aromatic N) is 6. The van der Waals surface area contributed by atoms with Gasteiger partial charge < -0.3 is 15.1 Å². The quantitative estimate of drug-likeness (QED) is 0.219. The summed E-state index contributed by atoms with van der Waals surface area (Å²) >= 11 is 2.96. The molecule has 0 bridgehead atoms. The third-order valence-corrected chi connectivity index (χ3v) is 8.60. The maximum absolute atomic E-state index is 13.2. The van der Waals surface area contributed by atoms with Crippen molar-refractivity contribution in [3.63, 3.8) is 0 Å². The number of hydrogen-bond acceptors (Lipinski definition) is 10. The summed E-state index contributed by atoms with van der Waals surface area (Å²) in [6, 6.07) is 13.7. The van der Waals surface area contributed by atoms with Crippen LogP contribution in [0, 0.1) is 12.8 Å². The lowest BCUT2D eigenvalue weighted by molar-refractivity contribution is -0.137. The number of aromatic nitrogens is 4. The first kappa shape index (κ1) is 27.6. The summed E-state index contributed by atoms with van der Waals surface area (Å²) in [4.78, 5) is 24.5. The van der Waals surface area contributed by atoms with Crippen molar-refractivity contribution in [2.24, 2.45) is 5.92 Å². The third-order valence-electron chi connectivity index (χ3n) is 6.90. The molecule has 1 saturated carbocycles. The number of halogens is 3. The second-order valence-corrected chi connectivity index (χ2v) is 12.4. The van der Waals surface area contributed by atoms with Crippen molar-refractivity contribution in [2.75, 3.05) is 53.2 Å². The maximum Gasteiger partial charge on any atom is 0.416 e. The van der Waals surface area contributed by atoms with E-state index in [1.165, 1.54) is 48.1 Å². The van der Waals surface area contributed by atoms with Gasteiger partial charge in [0.1, 0.15) is 0 Å². The van der Waals surface area contributed by atoms with Gasteiger partial charge in [0.25, 0.3) is 0 Å². The minimum Gasteiger partial charge on any atom is -0.385 e. The highest BCUT2D eigenvalue weighted by molar-refractivity contribution is 7.99. The van der Waals surface area contributed by atoms with E-state index in [2.05, 4.69) is 49.9 Å². The molecule has 2 aromatic carbocycles. The van der Waals surface area contributed by atoms with Gasteiger partial charge in [-0.25, -0.2) is 4.98 Å². The largest absolute Gasteiger partial charge is 0.416 e. The van der Waals surface area contributed by atoms with Crippen molar-refractivity contribution in [1.29, 1.82) is 0 Å². The van der Waals surface area contributed by atoms with E-state index < -0.39 is 11.7 Å². The van der Waals surface area contributed by atoms with Crippen LogP contribution in [0.1, 0.15) is 23.3 Å². The Morgan fingerprint density at radius 1 is 0.976 bits per heavy atom. The fraction of sp³-hybridized carbons (Fsp3) is 0.357. The van der Waals surface area contributed by atoms with Gasteiger partial charge in [0.15, 0.2) is 10.3 Å². The van der Waals surface area contributed by atoms with Crippen molar-refractivity contribution in [3.8, 4) is 0 Å². The van der Waals surface area contributed by atoms with Crippen molar-refractivity contribution in [2.45, 2.75) is 36.0 Å². The number of anilines is 5. The van der Waals surface area contributed by atoms with Gasteiger partial charge in [-0.1, -0.05) is 6.07 Å². The molecule has 13 heteroatoms. The Labute approximate surface area is 244 Å². The zero-order valence-corrected chi connectivity index (χ0v) is 24.0. The second-order valence-electron chi connectivity index (χ2n) is 10.1. The molecular formula is C28H29F3N8S2. The van der Waals surface area contributed by atoms with Crippen LogP contribution in [0.3, 0.4) is 0 Å². The predicted molar refractivity (Wildman–Crippen MR) is 158 cm³/mol. The third kappa shape index (κ3) is 7.20. The van der Waals surface area contributed by atoms with Gasteiger partial charge in [0, 0.05) is 60.1 Å². The van der Waals surface area contributed by atoms with Gasteiger partial charge in [0.2, 0.25) is 11.9 Å². The molecule has 2 fully saturated rings. The average Bonchev–Trinajstić information content (AvgIpc) is 3.71. The fourth-order valence-corrected chi connectivity index (χ4v) is 5.87. The number of hydrogen-bond donors (Lipinski definition) is 2. The molecule has 41 heavy (non-hydrogen) atoms. The molecule has 0 radical (unpaired) electrons. The van der Waals surface area contributed by atoms with E-state index in [0.29, 0.717) is 54.1 Å². The average molecular weight is 599 g/mol. The van der Waals surface area contributed by atoms with Crippen molar-refractivity contribution < 1.29 is 13.2 Å². The molecule has 1 saturated heterocycles. The molecule has 0 unspecified atom stereocenters. The first-order valence-corrected chi connectivity index (χ1v) is 15.1. The van der Waals surface area contributed by atoms with Gasteiger partial charge in [-0.05, 0) is 79.9 Å². The normalized spacial score (nSPS) is 15.7. The van der Waals surface area contributed by atoms with E-state index in [1.54, 1.807) is 12.3 Å². The molecule has 0 spiro atoms. The van der Waals surface area contributed by atoms with Crippen LogP contribution in [0.15, 0.2) is 64.8 Å². The molecule has 1 aliphatic heterocycles. The Balaban J connectivity index is 1.18. The number of thiazole rings is 1. The van der Waals surface area contributed by atoms with Crippen LogP contribution in [0.25, 0.3) is 0 Å². The molecule has 2 aromatic heterocycles. The molecule has 8 nitrogen and oxygen atoms in total. The molecular weight excluding hydrogens is 569 g/mol. The van der Waals surface area contributed by atoms with Crippen molar-refractivity contribution in [3.05, 3.63) is 65.2 Å². The zero-order valence-electron chi connectivity index (χ0n) is 22.4. The lowest BCUT2D eigenvalue weighted by atomic mass is 10.1. The Morgan fingerprint density at radius 2 is 1.73 bits per heavy atom. The Morgan fingerprint density at radius 3 is 2.41 bits per heavy atom. The van der Waals surface area contributed by atoms with Gasteiger partial charge in [-0.2, -0.15) is 28.1 Å². The Bertz CT molecular complexity index is 1480. The van der Waals surface area contributed by atoms with Crippen molar-refractivity contribution in [1.82, 2.24) is 19.9 Å². The molecule has 1 aliphatic carbocycles. The molecule has 6 rings (SSSR count). The number of nitrogens with one attached hydrogen (secondary N) is 2. The Hall–Kier alpha value is -3.58. The number of benzene rings is 2. The van der Waals surface area contributed by atoms with Crippen LogP contribution < -0.4 is 20.4 Å². The number of aryl methyl sites for hydroxylation is 1. The first-order chi connectivity index (χ1) is 19.8. The molecule has 3 heterocycles. The van der Waals surface area contributed by atoms with E-state index in [0.717, 1.165) is 34.0 Å². The van der Waals surface area contributed by atoms with Crippen molar-refractivity contribution >= 4 is 51.5 Å². The van der Waals surface area contributed by atoms with E-state index >= 15 is 0 Å². The van der Waals surface area contributed by atoms with Crippen LogP contribution in [0.2, 0.25) is 0 Å². The highest BCUT2D eigenvalue weighted by Crippen LogP contribution is 2.33. The molecule has 4 aromatic rings. The molecule has 214 valence electrons. The summed E-state index contributed by atoms with van der Waals surface area (Å²) in [5.41, 5.74) is 1.01. The summed E-state index contributed by atoms with van der Waals surface area (Å²) in [6.45, 7) is 5.19. The molecule has 0 atom stereocenters. The van der Waals surface area contributed by atoms with E-state index in [1.807, 2.05) is 16.7 Å². The van der Waals surface area contributed by atoms with Crippen LogP contribution in [-0.4, -0.2) is 52.7 Å². The van der Waals surface area contributed by atoms with Gasteiger partial charge in [-0.15, -0.1) is 11.3 Å². The highest BCUT2D eigenvalue weighted by atomic mass is 32.2. The number of rotatable bonds is 9. The zero-order chi connectivity index (χ0) is 28.4. The predicted octanol–water partition coefficient (Wildman–Crippen LogP) is 6.70.